The molecular formula is C15H16N4O4S2. The molecule has 0 saturated carbocycles. The number of carboxylic acids is 1. The lowest BCUT2D eigenvalue weighted by Crippen LogP contribution is -2.39. The van der Waals surface area contributed by atoms with E-state index in [1.165, 1.54) is 35.0 Å². The number of aromatic carboxylic acids is 1. The highest BCUT2D eigenvalue weighted by molar-refractivity contribution is 7.91. The van der Waals surface area contributed by atoms with Crippen molar-refractivity contribution in [2.75, 3.05) is 6.54 Å². The molecule has 2 rings (SSSR count). The molecule has 1 aromatic heterocycles. The number of thiocarbonyl (C=S) groups is 1. The van der Waals surface area contributed by atoms with Crippen molar-refractivity contribution in [3.63, 3.8) is 0 Å². The summed E-state index contributed by atoms with van der Waals surface area (Å²) < 4.78 is 28.2. The number of sulfonamides is 1. The Morgan fingerprint density at radius 1 is 1.40 bits per heavy atom. The minimum Gasteiger partial charge on any atom is -0.476 e. The molecule has 10 heteroatoms. The average molecular weight is 380 g/mol. The van der Waals surface area contributed by atoms with Crippen LogP contribution in [0.1, 0.15) is 16.2 Å². The highest BCUT2D eigenvalue weighted by Gasteiger charge is 2.16. The van der Waals surface area contributed by atoms with Crippen LogP contribution in [0.3, 0.4) is 0 Å². The van der Waals surface area contributed by atoms with Crippen molar-refractivity contribution in [1.82, 2.24) is 19.8 Å². The lowest BCUT2D eigenvalue weighted by Gasteiger charge is -2.11. The molecule has 0 amide bonds. The summed E-state index contributed by atoms with van der Waals surface area (Å²) in [7, 11) is -3.82. The van der Waals surface area contributed by atoms with Crippen LogP contribution in [0.4, 0.5) is 0 Å². The average Bonchev–Trinajstić information content (AvgIpc) is 2.95. The molecule has 0 saturated heterocycles. The fourth-order valence-corrected chi connectivity index (χ4v) is 3.33. The Bertz CT molecular complexity index is 918. The van der Waals surface area contributed by atoms with Gasteiger partial charge in [0, 0.05) is 12.2 Å². The van der Waals surface area contributed by atoms with Crippen LogP contribution in [0.5, 0.6) is 0 Å². The van der Waals surface area contributed by atoms with Gasteiger partial charge in [-0.15, -0.1) is 6.58 Å². The molecule has 0 unspecified atom stereocenters. The molecule has 1 aromatic carbocycles. The number of nitrogens with zero attached hydrogens (tertiary/aromatic N) is 2. The number of benzene rings is 1. The SMILES string of the molecule is C=CCNC(=S)NS(=O)(=O)c1ccc(-n2nc(C(=O)O)cc2C)cc1. The Morgan fingerprint density at radius 3 is 2.56 bits per heavy atom. The monoisotopic (exact) mass is 380 g/mol. The number of aromatic nitrogens is 2. The number of hydrogen-bond acceptors (Lipinski definition) is 5. The molecule has 0 aliphatic carbocycles. The lowest BCUT2D eigenvalue weighted by atomic mass is 10.3. The summed E-state index contributed by atoms with van der Waals surface area (Å²) in [4.78, 5) is 11.0. The Hall–Kier alpha value is -2.72. The van der Waals surface area contributed by atoms with Gasteiger partial charge in [0.1, 0.15) is 0 Å². The van der Waals surface area contributed by atoms with Gasteiger partial charge in [0.25, 0.3) is 10.0 Å². The quantitative estimate of drug-likeness (QED) is 0.510. The molecule has 0 aliphatic rings. The Kier molecular flexibility index (Phi) is 5.55. The maximum Gasteiger partial charge on any atom is 0.356 e. The first-order valence-corrected chi connectivity index (χ1v) is 8.95. The summed E-state index contributed by atoms with van der Waals surface area (Å²) in [5.41, 5.74) is 1.06. The molecule has 0 radical (unpaired) electrons. The second kappa shape index (κ2) is 7.45. The van der Waals surface area contributed by atoms with Crippen LogP contribution >= 0.6 is 12.2 Å². The van der Waals surface area contributed by atoms with E-state index in [1.807, 2.05) is 0 Å². The number of nitrogens with one attached hydrogen (secondary N) is 2. The van der Waals surface area contributed by atoms with Crippen LogP contribution in [0.25, 0.3) is 5.69 Å². The Labute approximate surface area is 150 Å². The summed E-state index contributed by atoms with van der Waals surface area (Å²) in [6.07, 6.45) is 1.55. The van der Waals surface area contributed by atoms with Gasteiger partial charge >= 0.3 is 5.97 Å². The van der Waals surface area contributed by atoms with E-state index in [0.29, 0.717) is 17.9 Å². The van der Waals surface area contributed by atoms with E-state index in [0.717, 1.165) is 0 Å². The summed E-state index contributed by atoms with van der Waals surface area (Å²) in [5.74, 6) is -1.13. The highest BCUT2D eigenvalue weighted by Crippen LogP contribution is 2.16. The van der Waals surface area contributed by atoms with Crippen LogP contribution in [-0.2, 0) is 10.0 Å². The number of carbonyl (C=O) groups is 1. The first-order valence-electron chi connectivity index (χ1n) is 7.06. The van der Waals surface area contributed by atoms with Gasteiger partial charge < -0.3 is 10.4 Å². The van der Waals surface area contributed by atoms with Crippen molar-refractivity contribution < 1.29 is 18.3 Å². The molecule has 1 heterocycles. The molecule has 0 spiro atoms. The largest absolute Gasteiger partial charge is 0.476 e. The third-order valence-corrected chi connectivity index (χ3v) is 4.87. The number of hydrogen-bond donors (Lipinski definition) is 3. The standard InChI is InChI=1S/C15H16N4O4S2/c1-3-8-16-15(24)18-25(22,23)12-6-4-11(5-7-12)19-10(2)9-13(17-19)14(20)21/h3-7,9H,1,8H2,2H3,(H,20,21)(H2,16,18,24). The fraction of sp³-hybridized carbons (Fsp3) is 0.133. The van der Waals surface area contributed by atoms with Gasteiger partial charge in [-0.1, -0.05) is 6.08 Å². The van der Waals surface area contributed by atoms with Crippen LogP contribution < -0.4 is 10.0 Å². The second-order valence-corrected chi connectivity index (χ2v) is 7.08. The molecule has 8 nitrogen and oxygen atoms in total. The third kappa shape index (κ3) is 4.43. The van der Waals surface area contributed by atoms with Gasteiger partial charge in [0.2, 0.25) is 0 Å². The van der Waals surface area contributed by atoms with Gasteiger partial charge in [-0.2, -0.15) is 5.10 Å². The molecule has 25 heavy (non-hydrogen) atoms. The topological polar surface area (TPSA) is 113 Å². The van der Waals surface area contributed by atoms with Gasteiger partial charge in [0.15, 0.2) is 10.8 Å². The van der Waals surface area contributed by atoms with Crippen LogP contribution in [0.15, 0.2) is 47.9 Å². The van der Waals surface area contributed by atoms with Gasteiger partial charge in [-0.25, -0.2) is 17.9 Å². The number of aryl methyl sites for hydroxylation is 1. The second-order valence-electron chi connectivity index (χ2n) is 4.99. The maximum atomic E-state index is 12.2. The van der Waals surface area contributed by atoms with Gasteiger partial charge in [-0.3, -0.25) is 4.72 Å². The molecular weight excluding hydrogens is 364 g/mol. The first kappa shape index (κ1) is 18.6. The van der Waals surface area contributed by atoms with E-state index in [9.17, 15) is 13.2 Å². The smallest absolute Gasteiger partial charge is 0.356 e. The number of carboxylic acid groups (broad SMARTS) is 1. The van der Waals surface area contributed by atoms with Crippen molar-refractivity contribution >= 4 is 33.3 Å². The molecule has 0 bridgehead atoms. The predicted molar refractivity (Wildman–Crippen MR) is 96.4 cm³/mol. The van der Waals surface area contributed by atoms with E-state index in [1.54, 1.807) is 13.0 Å². The van der Waals surface area contributed by atoms with Crippen molar-refractivity contribution in [2.45, 2.75) is 11.8 Å². The van der Waals surface area contributed by atoms with Crippen LogP contribution in [0.2, 0.25) is 0 Å². The molecule has 0 atom stereocenters. The lowest BCUT2D eigenvalue weighted by molar-refractivity contribution is 0.0690. The van der Waals surface area contributed by atoms with Crippen molar-refractivity contribution in [1.29, 1.82) is 0 Å². The van der Waals surface area contributed by atoms with Crippen molar-refractivity contribution in [3.05, 3.63) is 54.4 Å². The van der Waals surface area contributed by atoms with E-state index >= 15 is 0 Å². The Balaban J connectivity index is 2.23. The first-order chi connectivity index (χ1) is 11.7. The molecule has 132 valence electrons. The molecule has 0 aliphatic heterocycles. The van der Waals surface area contributed by atoms with Gasteiger partial charge in [0.05, 0.1) is 10.6 Å². The fourth-order valence-electron chi connectivity index (χ4n) is 1.99. The molecule has 3 N–H and O–H groups in total. The zero-order chi connectivity index (χ0) is 18.6. The summed E-state index contributed by atoms with van der Waals surface area (Å²) >= 11 is 4.90. The highest BCUT2D eigenvalue weighted by atomic mass is 32.2. The molecule has 2 aromatic rings. The zero-order valence-electron chi connectivity index (χ0n) is 13.3. The van der Waals surface area contributed by atoms with E-state index in [-0.39, 0.29) is 15.7 Å². The minimum atomic E-state index is -3.82. The maximum absolute atomic E-state index is 12.2. The number of rotatable bonds is 6. The Morgan fingerprint density at radius 2 is 2.04 bits per heavy atom. The molecule has 0 fully saturated rings. The normalized spacial score (nSPS) is 10.9. The minimum absolute atomic E-state index is 0.0160. The van der Waals surface area contributed by atoms with E-state index < -0.39 is 16.0 Å². The third-order valence-electron chi connectivity index (χ3n) is 3.13. The van der Waals surface area contributed by atoms with Crippen LogP contribution in [-0.4, -0.2) is 40.9 Å². The van der Waals surface area contributed by atoms with Crippen molar-refractivity contribution in [3.8, 4) is 5.69 Å². The van der Waals surface area contributed by atoms with E-state index in [4.69, 9.17) is 17.3 Å². The zero-order valence-corrected chi connectivity index (χ0v) is 14.9. The van der Waals surface area contributed by atoms with Crippen molar-refractivity contribution in [2.24, 2.45) is 0 Å². The van der Waals surface area contributed by atoms with Gasteiger partial charge in [-0.05, 0) is 49.5 Å². The summed E-state index contributed by atoms with van der Waals surface area (Å²) in [5, 5.41) is 15.6. The summed E-state index contributed by atoms with van der Waals surface area (Å²) in [6.45, 7) is 5.54. The predicted octanol–water partition coefficient (Wildman–Crippen LogP) is 1.22. The summed E-state index contributed by atoms with van der Waals surface area (Å²) in [6, 6.07) is 7.25. The van der Waals surface area contributed by atoms with E-state index in [2.05, 4.69) is 21.7 Å². The van der Waals surface area contributed by atoms with Crippen LogP contribution in [0, 0.1) is 6.92 Å².